The molecular formula is C24H23FN4O5S. The minimum absolute atomic E-state index is 0.00376. The Labute approximate surface area is 202 Å². The van der Waals surface area contributed by atoms with Gasteiger partial charge in [0, 0.05) is 46.6 Å². The summed E-state index contributed by atoms with van der Waals surface area (Å²) in [6.45, 7) is 3.50. The van der Waals surface area contributed by atoms with Gasteiger partial charge in [-0.25, -0.2) is 8.60 Å². The summed E-state index contributed by atoms with van der Waals surface area (Å²) in [7, 11) is -1.71. The summed E-state index contributed by atoms with van der Waals surface area (Å²) in [6.07, 6.45) is 4.66. The van der Waals surface area contributed by atoms with Crippen LogP contribution in [0.15, 0.2) is 48.7 Å². The van der Waals surface area contributed by atoms with E-state index in [0.717, 1.165) is 23.8 Å². The van der Waals surface area contributed by atoms with Gasteiger partial charge in [0.15, 0.2) is 0 Å². The molecule has 182 valence electrons. The summed E-state index contributed by atoms with van der Waals surface area (Å²) in [6, 6.07) is 8.60. The van der Waals surface area contributed by atoms with Gasteiger partial charge in [-0.3, -0.25) is 24.4 Å². The van der Waals surface area contributed by atoms with E-state index in [4.69, 9.17) is 0 Å². The fourth-order valence-electron chi connectivity index (χ4n) is 4.48. The molecule has 0 bridgehead atoms. The molecule has 35 heavy (non-hydrogen) atoms. The fourth-order valence-corrected chi connectivity index (χ4v) is 4.84. The van der Waals surface area contributed by atoms with E-state index in [1.165, 1.54) is 10.8 Å². The van der Waals surface area contributed by atoms with Crippen LogP contribution in [0.3, 0.4) is 0 Å². The SMILES string of the molecule is Cc1ccc2c(c1)c(C1C(=O)NC=CC1C)c(C(=O)NS(C)=O)n2Cc1cc([N+](=O)[O-])ccc1F. The van der Waals surface area contributed by atoms with Crippen LogP contribution in [0.1, 0.15) is 40.0 Å². The van der Waals surface area contributed by atoms with Crippen LogP contribution in [0.2, 0.25) is 0 Å². The summed E-state index contributed by atoms with van der Waals surface area (Å²) in [5, 5.41) is 14.6. The molecule has 0 radical (unpaired) electrons. The van der Waals surface area contributed by atoms with Gasteiger partial charge in [0.1, 0.15) is 22.5 Å². The number of nitro groups is 1. The number of halogens is 1. The molecule has 2 heterocycles. The highest BCUT2D eigenvalue weighted by Crippen LogP contribution is 2.39. The molecule has 3 aromatic rings. The van der Waals surface area contributed by atoms with Crippen molar-refractivity contribution >= 4 is 39.4 Å². The quantitative estimate of drug-likeness (QED) is 0.398. The smallest absolute Gasteiger partial charge is 0.279 e. The Hall–Kier alpha value is -3.86. The molecule has 0 saturated carbocycles. The lowest BCUT2D eigenvalue weighted by Gasteiger charge is -2.25. The molecule has 2 amide bonds. The Balaban J connectivity index is 2.03. The Morgan fingerprint density at radius 3 is 2.69 bits per heavy atom. The van der Waals surface area contributed by atoms with E-state index in [1.807, 2.05) is 32.1 Å². The van der Waals surface area contributed by atoms with Crippen molar-refractivity contribution in [2.45, 2.75) is 26.3 Å². The summed E-state index contributed by atoms with van der Waals surface area (Å²) in [4.78, 5) is 37.0. The Morgan fingerprint density at radius 2 is 2.03 bits per heavy atom. The lowest BCUT2D eigenvalue weighted by molar-refractivity contribution is -0.385. The number of hydrogen-bond acceptors (Lipinski definition) is 5. The maximum Gasteiger partial charge on any atom is 0.279 e. The summed E-state index contributed by atoms with van der Waals surface area (Å²) >= 11 is 0. The van der Waals surface area contributed by atoms with E-state index in [1.54, 1.807) is 12.3 Å². The maximum absolute atomic E-state index is 14.8. The van der Waals surface area contributed by atoms with E-state index < -0.39 is 33.6 Å². The first-order valence-electron chi connectivity index (χ1n) is 10.8. The molecule has 2 aromatic carbocycles. The summed E-state index contributed by atoms with van der Waals surface area (Å²) < 4.78 is 30.5. The number of allylic oxidation sites excluding steroid dienone is 1. The number of benzene rings is 2. The summed E-state index contributed by atoms with van der Waals surface area (Å²) in [5.41, 5.74) is 1.60. The number of carbonyl (C=O) groups is 2. The number of nitrogens with zero attached hydrogens (tertiary/aromatic N) is 2. The van der Waals surface area contributed by atoms with Crippen LogP contribution in [0.25, 0.3) is 10.9 Å². The molecule has 0 aliphatic carbocycles. The van der Waals surface area contributed by atoms with Gasteiger partial charge < -0.3 is 9.88 Å². The number of nitro benzene ring substituents is 1. The molecule has 0 saturated heterocycles. The first-order valence-corrected chi connectivity index (χ1v) is 12.3. The second-order valence-corrected chi connectivity index (χ2v) is 9.60. The number of nitrogens with one attached hydrogen (secondary N) is 2. The van der Waals surface area contributed by atoms with Gasteiger partial charge in [-0.05, 0) is 31.0 Å². The third kappa shape index (κ3) is 4.59. The zero-order valence-corrected chi connectivity index (χ0v) is 20.0. The zero-order chi connectivity index (χ0) is 25.4. The average Bonchev–Trinajstić information content (AvgIpc) is 3.07. The molecule has 4 rings (SSSR count). The van der Waals surface area contributed by atoms with E-state index in [-0.39, 0.29) is 35.3 Å². The van der Waals surface area contributed by atoms with Gasteiger partial charge in [0.05, 0.1) is 17.4 Å². The van der Waals surface area contributed by atoms with Crippen molar-refractivity contribution in [3.8, 4) is 0 Å². The van der Waals surface area contributed by atoms with Crippen LogP contribution in [-0.2, 0) is 22.3 Å². The molecule has 3 unspecified atom stereocenters. The molecule has 1 aromatic heterocycles. The minimum atomic E-state index is -1.71. The Morgan fingerprint density at radius 1 is 1.29 bits per heavy atom. The number of aryl methyl sites for hydroxylation is 1. The molecule has 1 aliphatic rings. The van der Waals surface area contributed by atoms with Crippen molar-refractivity contribution in [2.75, 3.05) is 6.26 Å². The average molecular weight is 499 g/mol. The van der Waals surface area contributed by atoms with E-state index in [0.29, 0.717) is 16.5 Å². The highest BCUT2D eigenvalue weighted by molar-refractivity contribution is 7.82. The molecule has 0 fully saturated rings. The van der Waals surface area contributed by atoms with Crippen LogP contribution < -0.4 is 10.0 Å². The predicted octanol–water partition coefficient (Wildman–Crippen LogP) is 3.43. The fraction of sp³-hybridized carbons (Fsp3) is 0.250. The third-order valence-electron chi connectivity index (χ3n) is 6.02. The van der Waals surface area contributed by atoms with Crippen LogP contribution in [0.4, 0.5) is 10.1 Å². The van der Waals surface area contributed by atoms with Crippen molar-refractivity contribution in [1.29, 1.82) is 0 Å². The molecule has 1 aliphatic heterocycles. The topological polar surface area (TPSA) is 123 Å². The number of amides is 2. The standard InChI is InChI=1S/C24H23FN4O5S/c1-13-4-7-19-17(10-13)21(20-14(2)8-9-26-23(20)30)22(24(31)27-35(3)34)28(19)12-15-11-16(29(32)33)5-6-18(15)25/h4-11,14,20H,12H2,1-3H3,(H,26,30)(H,27,31). The van der Waals surface area contributed by atoms with Crippen LogP contribution in [0, 0.1) is 28.8 Å². The third-order valence-corrected chi connectivity index (χ3v) is 6.50. The van der Waals surface area contributed by atoms with Gasteiger partial charge in [-0.15, -0.1) is 0 Å². The molecule has 9 nitrogen and oxygen atoms in total. The van der Waals surface area contributed by atoms with Gasteiger partial charge >= 0.3 is 0 Å². The molecular weight excluding hydrogens is 475 g/mol. The molecule has 3 atom stereocenters. The van der Waals surface area contributed by atoms with Crippen molar-refractivity contribution in [3.63, 3.8) is 0 Å². The second kappa shape index (κ2) is 9.41. The Kier molecular flexibility index (Phi) is 6.53. The maximum atomic E-state index is 14.8. The molecule has 11 heteroatoms. The number of carbonyl (C=O) groups excluding carboxylic acids is 2. The number of aromatic nitrogens is 1. The first-order chi connectivity index (χ1) is 16.6. The predicted molar refractivity (Wildman–Crippen MR) is 130 cm³/mol. The number of hydrogen-bond donors (Lipinski definition) is 2. The second-order valence-electron chi connectivity index (χ2n) is 8.49. The van der Waals surface area contributed by atoms with Crippen LogP contribution in [-0.4, -0.2) is 31.8 Å². The monoisotopic (exact) mass is 498 g/mol. The normalized spacial score (nSPS) is 18.3. The van der Waals surface area contributed by atoms with Gasteiger partial charge in [0.2, 0.25) is 5.91 Å². The lowest BCUT2D eigenvalue weighted by Crippen LogP contribution is -2.35. The number of fused-ring (bicyclic) bond motifs is 1. The minimum Gasteiger partial charge on any atom is -0.332 e. The van der Waals surface area contributed by atoms with Gasteiger partial charge in [0.25, 0.3) is 11.6 Å². The first kappa shape index (κ1) is 24.3. The van der Waals surface area contributed by atoms with E-state index >= 15 is 0 Å². The lowest BCUT2D eigenvalue weighted by atomic mass is 9.83. The van der Waals surface area contributed by atoms with E-state index in [9.17, 15) is 28.3 Å². The summed E-state index contributed by atoms with van der Waals surface area (Å²) in [5.74, 6) is -2.70. The van der Waals surface area contributed by atoms with Crippen molar-refractivity contribution in [3.05, 3.63) is 87.0 Å². The molecule has 2 N–H and O–H groups in total. The number of non-ortho nitro benzene ring substituents is 1. The number of rotatable bonds is 6. The molecule has 0 spiro atoms. The van der Waals surface area contributed by atoms with Gasteiger partial charge in [-0.1, -0.05) is 24.6 Å². The Bertz CT molecular complexity index is 1430. The van der Waals surface area contributed by atoms with Crippen molar-refractivity contribution in [1.82, 2.24) is 14.6 Å². The van der Waals surface area contributed by atoms with Crippen LogP contribution >= 0.6 is 0 Å². The van der Waals surface area contributed by atoms with E-state index in [2.05, 4.69) is 10.0 Å². The van der Waals surface area contributed by atoms with Crippen LogP contribution in [0.5, 0.6) is 0 Å². The zero-order valence-electron chi connectivity index (χ0n) is 19.2. The highest BCUT2D eigenvalue weighted by Gasteiger charge is 2.36. The highest BCUT2D eigenvalue weighted by atomic mass is 32.2. The van der Waals surface area contributed by atoms with Crippen molar-refractivity contribution in [2.24, 2.45) is 5.92 Å². The van der Waals surface area contributed by atoms with Crippen molar-refractivity contribution < 1.29 is 23.1 Å². The van der Waals surface area contributed by atoms with Gasteiger partial charge in [-0.2, -0.15) is 0 Å². The largest absolute Gasteiger partial charge is 0.332 e.